The number of rotatable bonds is 4. The van der Waals surface area contributed by atoms with Crippen LogP contribution in [0.5, 0.6) is 0 Å². The number of esters is 1. The summed E-state index contributed by atoms with van der Waals surface area (Å²) in [6, 6.07) is 0.996. The summed E-state index contributed by atoms with van der Waals surface area (Å²) in [5, 5.41) is 1.44. The Labute approximate surface area is 114 Å². The second-order valence-corrected chi connectivity index (χ2v) is 3.82. The fourth-order valence-corrected chi connectivity index (χ4v) is 1.18. The molecule has 1 amide bonds. The molecular weight excluding hydrogens is 303 g/mol. The van der Waals surface area contributed by atoms with Crippen LogP contribution in [0.3, 0.4) is 0 Å². The highest BCUT2D eigenvalue weighted by atomic mass is 19.4. The van der Waals surface area contributed by atoms with Gasteiger partial charge in [-0.3, -0.25) is 4.79 Å². The Morgan fingerprint density at radius 3 is 2.38 bits per heavy atom. The number of carbonyl (C=O) groups is 2. The average molecular weight is 312 g/mol. The number of hydrogen-bond donors (Lipinski definition) is 2. The van der Waals surface area contributed by atoms with Gasteiger partial charge in [0.15, 0.2) is 6.61 Å². The van der Waals surface area contributed by atoms with E-state index in [0.29, 0.717) is 12.1 Å². The number of ether oxygens (including phenoxy) is 1. The van der Waals surface area contributed by atoms with E-state index in [0.717, 1.165) is 0 Å². The van der Waals surface area contributed by atoms with E-state index in [2.05, 4.69) is 4.74 Å². The monoisotopic (exact) mass is 312 g/mol. The van der Waals surface area contributed by atoms with E-state index in [1.807, 2.05) is 0 Å². The van der Waals surface area contributed by atoms with Gasteiger partial charge in [-0.2, -0.15) is 13.2 Å². The molecule has 116 valence electrons. The first-order valence-electron chi connectivity index (χ1n) is 5.35. The quantitative estimate of drug-likeness (QED) is 0.500. The third-order valence-electron chi connectivity index (χ3n) is 2.13. The van der Waals surface area contributed by atoms with Crippen molar-refractivity contribution in [3.8, 4) is 0 Å². The summed E-state index contributed by atoms with van der Waals surface area (Å²) in [6.45, 7) is -2.67. The molecular formula is C11H9F5N2O3. The first-order chi connectivity index (χ1) is 9.60. The van der Waals surface area contributed by atoms with Crippen LogP contribution in [0.4, 0.5) is 27.6 Å². The van der Waals surface area contributed by atoms with E-state index < -0.39 is 54.1 Å². The number of carbonyl (C=O) groups excluding carboxylic acids is 2. The van der Waals surface area contributed by atoms with Crippen molar-refractivity contribution < 1.29 is 36.3 Å². The van der Waals surface area contributed by atoms with Gasteiger partial charge in [-0.1, -0.05) is 0 Å². The van der Waals surface area contributed by atoms with Gasteiger partial charge >= 0.3 is 12.1 Å². The highest BCUT2D eigenvalue weighted by Crippen LogP contribution is 2.17. The molecule has 21 heavy (non-hydrogen) atoms. The van der Waals surface area contributed by atoms with E-state index in [4.69, 9.17) is 5.73 Å². The van der Waals surface area contributed by atoms with Gasteiger partial charge in [-0.15, -0.1) is 0 Å². The summed E-state index contributed by atoms with van der Waals surface area (Å²) in [6.07, 6.45) is -4.62. The van der Waals surface area contributed by atoms with Gasteiger partial charge in [0, 0.05) is 6.07 Å². The Morgan fingerprint density at radius 2 is 1.81 bits per heavy atom. The number of halogens is 5. The van der Waals surface area contributed by atoms with Gasteiger partial charge in [0.25, 0.3) is 5.91 Å². The zero-order chi connectivity index (χ0) is 16.2. The minimum absolute atomic E-state index is 0.459. The standard InChI is InChI=1S/C11H9F5N2O3/c12-6-2-8(17)7(13)1-5(6)10(20)21-3-9(19)18-4-11(14,15)16/h1-2H,3-4,17H2,(H,18,19). The van der Waals surface area contributed by atoms with Gasteiger partial charge in [0.05, 0.1) is 11.3 Å². The van der Waals surface area contributed by atoms with Crippen molar-refractivity contribution in [2.75, 3.05) is 18.9 Å². The number of benzene rings is 1. The van der Waals surface area contributed by atoms with Crippen molar-refractivity contribution in [1.29, 1.82) is 0 Å². The molecule has 0 heterocycles. The lowest BCUT2D eigenvalue weighted by Crippen LogP contribution is -2.36. The first-order valence-corrected chi connectivity index (χ1v) is 5.35. The number of alkyl halides is 3. The van der Waals surface area contributed by atoms with Gasteiger partial charge in [-0.05, 0) is 6.07 Å². The lowest BCUT2D eigenvalue weighted by Gasteiger charge is -2.09. The second-order valence-electron chi connectivity index (χ2n) is 3.82. The number of hydrogen-bond acceptors (Lipinski definition) is 4. The predicted molar refractivity (Wildman–Crippen MR) is 60.1 cm³/mol. The molecule has 5 nitrogen and oxygen atoms in total. The third-order valence-corrected chi connectivity index (χ3v) is 2.13. The third kappa shape index (κ3) is 5.24. The average Bonchev–Trinajstić information content (AvgIpc) is 2.37. The van der Waals surface area contributed by atoms with Crippen LogP contribution >= 0.6 is 0 Å². The zero-order valence-electron chi connectivity index (χ0n) is 10.3. The molecule has 0 atom stereocenters. The van der Waals surface area contributed by atoms with Crippen LogP contribution in [0.2, 0.25) is 0 Å². The molecule has 3 N–H and O–H groups in total. The molecule has 0 unspecified atom stereocenters. The SMILES string of the molecule is Nc1cc(F)c(C(=O)OCC(=O)NCC(F)(F)F)cc1F. The molecule has 0 radical (unpaired) electrons. The van der Waals surface area contributed by atoms with Gasteiger partial charge in [0.1, 0.15) is 18.2 Å². The van der Waals surface area contributed by atoms with Gasteiger partial charge in [-0.25, -0.2) is 13.6 Å². The van der Waals surface area contributed by atoms with Crippen LogP contribution in [0.25, 0.3) is 0 Å². The molecule has 0 saturated heterocycles. The minimum atomic E-state index is -4.62. The lowest BCUT2D eigenvalue weighted by molar-refractivity contribution is -0.140. The molecule has 1 aromatic carbocycles. The maximum atomic E-state index is 13.3. The zero-order valence-corrected chi connectivity index (χ0v) is 10.3. The van der Waals surface area contributed by atoms with Crippen LogP contribution in [0.1, 0.15) is 10.4 Å². The van der Waals surface area contributed by atoms with Crippen molar-refractivity contribution in [3.63, 3.8) is 0 Å². The van der Waals surface area contributed by atoms with Crippen LogP contribution in [0.15, 0.2) is 12.1 Å². The molecule has 1 aromatic rings. The van der Waals surface area contributed by atoms with Crippen molar-refractivity contribution in [1.82, 2.24) is 5.32 Å². The number of nitrogen functional groups attached to an aromatic ring is 1. The Balaban J connectivity index is 2.59. The minimum Gasteiger partial charge on any atom is -0.452 e. The fourth-order valence-electron chi connectivity index (χ4n) is 1.18. The number of nitrogens with one attached hydrogen (secondary N) is 1. The van der Waals surface area contributed by atoms with E-state index in [9.17, 15) is 31.5 Å². The van der Waals surface area contributed by atoms with E-state index >= 15 is 0 Å². The highest BCUT2D eigenvalue weighted by Gasteiger charge is 2.28. The molecule has 1 rings (SSSR count). The Kier molecular flexibility index (Phi) is 5.06. The van der Waals surface area contributed by atoms with E-state index in [1.165, 1.54) is 5.32 Å². The topological polar surface area (TPSA) is 81.4 Å². The number of anilines is 1. The molecule has 0 aliphatic carbocycles. The Hall–Kier alpha value is -2.39. The molecule has 0 saturated carbocycles. The Bertz CT molecular complexity index is 560. The largest absolute Gasteiger partial charge is 0.452 e. The molecule has 0 aromatic heterocycles. The highest BCUT2D eigenvalue weighted by molar-refractivity contribution is 5.92. The fraction of sp³-hybridized carbons (Fsp3) is 0.273. The number of nitrogens with two attached hydrogens (primary N) is 1. The van der Waals surface area contributed by atoms with Crippen LogP contribution in [-0.2, 0) is 9.53 Å². The van der Waals surface area contributed by atoms with Gasteiger partial charge < -0.3 is 15.8 Å². The normalized spacial score (nSPS) is 11.1. The molecule has 0 aliphatic rings. The van der Waals surface area contributed by atoms with E-state index in [-0.39, 0.29) is 0 Å². The summed E-state index contributed by atoms with van der Waals surface area (Å²) in [7, 11) is 0. The maximum Gasteiger partial charge on any atom is 0.405 e. The van der Waals surface area contributed by atoms with Crippen molar-refractivity contribution >= 4 is 17.6 Å². The summed E-state index contributed by atoms with van der Waals surface area (Å²) < 4.78 is 66.0. The maximum absolute atomic E-state index is 13.3. The smallest absolute Gasteiger partial charge is 0.405 e. The summed E-state index contributed by atoms with van der Waals surface area (Å²) in [5.74, 6) is -4.91. The molecule has 10 heteroatoms. The van der Waals surface area contributed by atoms with Crippen LogP contribution in [0, 0.1) is 11.6 Å². The lowest BCUT2D eigenvalue weighted by atomic mass is 10.2. The van der Waals surface area contributed by atoms with Crippen molar-refractivity contribution in [2.24, 2.45) is 0 Å². The predicted octanol–water partition coefficient (Wildman–Crippen LogP) is 1.38. The van der Waals surface area contributed by atoms with Crippen LogP contribution < -0.4 is 11.1 Å². The summed E-state index contributed by atoms with van der Waals surface area (Å²) in [5.41, 5.74) is 3.69. The molecule has 0 spiro atoms. The number of amides is 1. The Morgan fingerprint density at radius 1 is 1.19 bits per heavy atom. The van der Waals surface area contributed by atoms with Crippen molar-refractivity contribution in [3.05, 3.63) is 29.3 Å². The summed E-state index contributed by atoms with van der Waals surface area (Å²) in [4.78, 5) is 22.3. The molecule has 0 aliphatic heterocycles. The second kappa shape index (κ2) is 6.37. The van der Waals surface area contributed by atoms with Crippen molar-refractivity contribution in [2.45, 2.75) is 6.18 Å². The molecule has 0 fully saturated rings. The summed E-state index contributed by atoms with van der Waals surface area (Å²) >= 11 is 0. The van der Waals surface area contributed by atoms with Gasteiger partial charge in [0.2, 0.25) is 0 Å². The van der Waals surface area contributed by atoms with Crippen LogP contribution in [-0.4, -0.2) is 31.2 Å². The molecule has 0 bridgehead atoms. The van der Waals surface area contributed by atoms with E-state index in [1.54, 1.807) is 0 Å². The first kappa shape index (κ1) is 16.7.